The van der Waals surface area contributed by atoms with Crippen LogP contribution in [0.25, 0.3) is 11.3 Å². The number of rotatable bonds is 4. The maximum absolute atomic E-state index is 12.5. The molecule has 1 atom stereocenters. The molecule has 2 aromatic carbocycles. The predicted octanol–water partition coefficient (Wildman–Crippen LogP) is 6.22. The molecule has 8 heteroatoms. The van der Waals surface area contributed by atoms with E-state index < -0.39 is 5.60 Å². The summed E-state index contributed by atoms with van der Waals surface area (Å²) in [4.78, 5) is 14.3. The van der Waals surface area contributed by atoms with Crippen molar-refractivity contribution >= 4 is 11.9 Å². The third-order valence-electron chi connectivity index (χ3n) is 6.91. The summed E-state index contributed by atoms with van der Waals surface area (Å²) in [6, 6.07) is 19.9. The van der Waals surface area contributed by atoms with Crippen molar-refractivity contribution in [3.63, 3.8) is 0 Å². The summed E-state index contributed by atoms with van der Waals surface area (Å²) in [7, 11) is 0. The van der Waals surface area contributed by atoms with Crippen molar-refractivity contribution in [3.05, 3.63) is 60.2 Å². The Balaban J connectivity index is 1.33. The molecule has 1 unspecified atom stereocenters. The van der Waals surface area contributed by atoms with Gasteiger partial charge in [0.25, 0.3) is 0 Å². The van der Waals surface area contributed by atoms with Gasteiger partial charge in [-0.05, 0) is 82.3 Å². The smallest absolute Gasteiger partial charge is 0.410 e. The van der Waals surface area contributed by atoms with E-state index in [4.69, 9.17) is 14.6 Å². The van der Waals surface area contributed by atoms with Crippen molar-refractivity contribution in [2.24, 2.45) is 5.92 Å². The summed E-state index contributed by atoms with van der Waals surface area (Å²) in [6.07, 6.45) is 2.45. The fourth-order valence-electron chi connectivity index (χ4n) is 5.15. The van der Waals surface area contributed by atoms with Crippen LogP contribution in [0.15, 0.2) is 54.6 Å². The Kier molecular flexibility index (Phi) is 6.79. The molecule has 0 radical (unpaired) electrons. The van der Waals surface area contributed by atoms with Gasteiger partial charge in [0.15, 0.2) is 0 Å². The number of nitrogens with one attached hydrogen (secondary N) is 1. The van der Waals surface area contributed by atoms with Gasteiger partial charge in [0.2, 0.25) is 0 Å². The van der Waals surface area contributed by atoms with Crippen LogP contribution in [0.3, 0.4) is 0 Å². The largest absolute Gasteiger partial charge is 0.457 e. The molecule has 5 rings (SSSR count). The molecule has 2 aliphatic rings. The average Bonchev–Trinajstić information content (AvgIpc) is 3.28. The van der Waals surface area contributed by atoms with E-state index in [1.165, 1.54) is 0 Å². The molecule has 1 amide bonds. The molecule has 0 bridgehead atoms. The van der Waals surface area contributed by atoms with Crippen LogP contribution in [0.5, 0.6) is 11.5 Å². The van der Waals surface area contributed by atoms with Crippen molar-refractivity contribution in [2.75, 3.05) is 25.0 Å². The Morgan fingerprint density at radius 2 is 1.70 bits per heavy atom. The maximum atomic E-state index is 12.5. The van der Waals surface area contributed by atoms with Crippen molar-refractivity contribution in [1.82, 2.24) is 14.7 Å². The van der Waals surface area contributed by atoms with Crippen molar-refractivity contribution in [2.45, 2.75) is 51.7 Å². The highest BCUT2D eigenvalue weighted by molar-refractivity contribution is 5.74. The highest BCUT2D eigenvalue weighted by Crippen LogP contribution is 2.40. The van der Waals surface area contributed by atoms with E-state index in [0.29, 0.717) is 30.3 Å². The first-order valence-corrected chi connectivity index (χ1v) is 12.9. The summed E-state index contributed by atoms with van der Waals surface area (Å²) < 4.78 is 13.5. The lowest BCUT2D eigenvalue weighted by atomic mass is 9.87. The Morgan fingerprint density at radius 1 is 1.03 bits per heavy atom. The van der Waals surface area contributed by atoms with Crippen LogP contribution in [-0.2, 0) is 4.74 Å². The van der Waals surface area contributed by atoms with Gasteiger partial charge >= 0.3 is 6.09 Å². The minimum atomic E-state index is -0.497. The third-order valence-corrected chi connectivity index (χ3v) is 6.91. The zero-order valence-corrected chi connectivity index (χ0v) is 21.6. The average molecular weight is 500 g/mol. The molecular weight excluding hydrogens is 466 g/mol. The molecule has 8 nitrogen and oxygen atoms in total. The number of piperidine rings is 1. The van der Waals surface area contributed by atoms with Crippen molar-refractivity contribution in [1.29, 1.82) is 5.26 Å². The molecule has 1 fully saturated rings. The fraction of sp³-hybridized carbons (Fsp3) is 0.414. The number of carbonyl (C=O) groups excluding carboxylic acids is 1. The Morgan fingerprint density at radius 3 is 2.35 bits per heavy atom. The van der Waals surface area contributed by atoms with E-state index in [1.54, 1.807) is 4.90 Å². The summed E-state index contributed by atoms with van der Waals surface area (Å²) in [5.41, 5.74) is 1.62. The Labute approximate surface area is 217 Å². The molecule has 2 aliphatic heterocycles. The van der Waals surface area contributed by atoms with E-state index in [0.717, 1.165) is 48.7 Å². The highest BCUT2D eigenvalue weighted by Gasteiger charge is 2.35. The number of hydrogen-bond donors (Lipinski definition) is 1. The van der Waals surface area contributed by atoms with Gasteiger partial charge in [-0.2, -0.15) is 10.4 Å². The first kappa shape index (κ1) is 24.7. The van der Waals surface area contributed by atoms with E-state index in [2.05, 4.69) is 11.4 Å². The lowest BCUT2D eigenvalue weighted by molar-refractivity contribution is 0.0157. The number of benzene rings is 2. The second-order valence-electron chi connectivity index (χ2n) is 10.7. The van der Waals surface area contributed by atoms with Gasteiger partial charge in [-0.1, -0.05) is 18.2 Å². The van der Waals surface area contributed by atoms with E-state index in [1.807, 2.05) is 80.1 Å². The molecule has 3 aromatic rings. The van der Waals surface area contributed by atoms with E-state index in [-0.39, 0.29) is 12.1 Å². The zero-order chi connectivity index (χ0) is 26.0. The molecule has 1 N–H and O–H groups in total. The van der Waals surface area contributed by atoms with Crippen LogP contribution < -0.4 is 10.1 Å². The second kappa shape index (κ2) is 10.2. The quantitative estimate of drug-likeness (QED) is 0.458. The van der Waals surface area contributed by atoms with Crippen molar-refractivity contribution in [3.8, 4) is 28.8 Å². The van der Waals surface area contributed by atoms with Crippen LogP contribution in [0.4, 0.5) is 10.6 Å². The Hall–Kier alpha value is -3.99. The van der Waals surface area contributed by atoms with Gasteiger partial charge in [0.1, 0.15) is 40.2 Å². The van der Waals surface area contributed by atoms with Gasteiger partial charge in [-0.25, -0.2) is 9.48 Å². The van der Waals surface area contributed by atoms with E-state index >= 15 is 0 Å². The van der Waals surface area contributed by atoms with Crippen LogP contribution in [0.1, 0.15) is 51.6 Å². The number of fused-ring (bicyclic) bond motifs is 1. The molecule has 192 valence electrons. The molecule has 3 heterocycles. The summed E-state index contributed by atoms with van der Waals surface area (Å²) in [5.74, 6) is 2.66. The van der Waals surface area contributed by atoms with Crippen molar-refractivity contribution < 1.29 is 14.3 Å². The lowest BCUT2D eigenvalue weighted by Crippen LogP contribution is -2.43. The predicted molar refractivity (Wildman–Crippen MR) is 142 cm³/mol. The highest BCUT2D eigenvalue weighted by atomic mass is 16.6. The fourth-order valence-corrected chi connectivity index (χ4v) is 5.15. The lowest BCUT2D eigenvalue weighted by Gasteiger charge is -2.38. The van der Waals surface area contributed by atoms with Gasteiger partial charge < -0.3 is 19.7 Å². The van der Waals surface area contributed by atoms with Crippen LogP contribution in [0.2, 0.25) is 0 Å². The molecule has 0 aliphatic carbocycles. The first-order valence-electron chi connectivity index (χ1n) is 12.9. The number of anilines is 1. The second-order valence-corrected chi connectivity index (χ2v) is 10.7. The normalized spacial score (nSPS) is 17.9. The molecule has 1 saturated heterocycles. The number of ether oxygens (including phenoxy) is 2. The number of para-hydroxylation sites is 1. The van der Waals surface area contributed by atoms with Crippen LogP contribution in [-0.4, -0.2) is 46.0 Å². The number of aromatic nitrogens is 2. The number of nitriles is 1. The Bertz CT molecular complexity index is 1280. The number of hydrogen-bond acceptors (Lipinski definition) is 6. The monoisotopic (exact) mass is 499 g/mol. The van der Waals surface area contributed by atoms with Gasteiger partial charge in [0.05, 0.1) is 6.04 Å². The van der Waals surface area contributed by atoms with Gasteiger partial charge in [0, 0.05) is 25.2 Å². The van der Waals surface area contributed by atoms with Crippen LogP contribution >= 0.6 is 0 Å². The minimum absolute atomic E-state index is 0.179. The number of carbonyl (C=O) groups is 1. The van der Waals surface area contributed by atoms with Gasteiger partial charge in [-0.15, -0.1) is 0 Å². The molecule has 0 spiro atoms. The van der Waals surface area contributed by atoms with E-state index in [9.17, 15) is 10.1 Å². The molecule has 0 saturated carbocycles. The maximum Gasteiger partial charge on any atom is 0.410 e. The number of nitrogens with zero attached hydrogens (tertiary/aromatic N) is 4. The SMILES string of the molecule is CC(C)(C)OC(=O)N1CCC(C2CCNc3c(C#N)c(-c4ccc(Oc5ccccc5)cc4)nn32)CC1. The minimum Gasteiger partial charge on any atom is -0.457 e. The topological polar surface area (TPSA) is 92.4 Å². The summed E-state index contributed by atoms with van der Waals surface area (Å²) in [6.45, 7) is 7.79. The molecule has 37 heavy (non-hydrogen) atoms. The first-order chi connectivity index (χ1) is 17.8. The summed E-state index contributed by atoms with van der Waals surface area (Å²) >= 11 is 0. The summed E-state index contributed by atoms with van der Waals surface area (Å²) in [5, 5.41) is 18.4. The number of amides is 1. The van der Waals surface area contributed by atoms with Crippen LogP contribution in [0, 0.1) is 17.2 Å². The standard InChI is InChI=1S/C29H33N5O3/c1-29(2,3)37-28(35)33-17-14-20(15-18-33)25-13-16-31-27-24(19-30)26(32-34(25)27)21-9-11-23(12-10-21)36-22-7-5-4-6-8-22/h4-12,20,25,31H,13-18H2,1-3H3. The molecule has 1 aromatic heterocycles. The van der Waals surface area contributed by atoms with Gasteiger partial charge in [-0.3, -0.25) is 0 Å². The molecular formula is C29H33N5O3. The number of likely N-dealkylation sites (tertiary alicyclic amines) is 1. The third kappa shape index (κ3) is 5.41. The zero-order valence-electron chi connectivity index (χ0n) is 21.6.